The van der Waals surface area contributed by atoms with Gasteiger partial charge in [0, 0.05) is 13.1 Å². The van der Waals surface area contributed by atoms with Crippen LogP contribution in [-0.2, 0) is 4.79 Å². The van der Waals surface area contributed by atoms with Crippen molar-refractivity contribution in [3.05, 3.63) is 17.8 Å². The van der Waals surface area contributed by atoms with Gasteiger partial charge in [0.05, 0.1) is 18.3 Å². The molecule has 1 saturated heterocycles. The Morgan fingerprint density at radius 2 is 2.05 bits per heavy atom. The molecule has 2 rings (SSSR count). The first-order chi connectivity index (χ1) is 9.08. The number of rotatable bonds is 4. The van der Waals surface area contributed by atoms with Gasteiger partial charge in [-0.15, -0.1) is 0 Å². The number of aryl methyl sites for hydroxylation is 1. The zero-order valence-corrected chi connectivity index (χ0v) is 12.0. The van der Waals surface area contributed by atoms with Gasteiger partial charge in [-0.05, 0) is 40.0 Å². The van der Waals surface area contributed by atoms with Crippen LogP contribution in [0.15, 0.2) is 10.6 Å². The van der Waals surface area contributed by atoms with Crippen LogP contribution in [0.4, 0.5) is 0 Å². The minimum Gasteiger partial charge on any atom is -0.444 e. The molecule has 1 aliphatic heterocycles. The molecule has 2 unspecified atom stereocenters. The molecule has 0 radical (unpaired) electrons. The van der Waals surface area contributed by atoms with E-state index in [-0.39, 0.29) is 18.0 Å². The summed E-state index contributed by atoms with van der Waals surface area (Å²) in [7, 11) is 0. The summed E-state index contributed by atoms with van der Waals surface area (Å²) in [5, 5.41) is 3.26. The number of aromatic nitrogens is 1. The molecule has 1 fully saturated rings. The van der Waals surface area contributed by atoms with Gasteiger partial charge in [0.15, 0.2) is 0 Å². The lowest BCUT2D eigenvalue weighted by atomic mass is 10.1. The molecule has 0 saturated carbocycles. The fourth-order valence-corrected chi connectivity index (χ4v) is 2.48. The van der Waals surface area contributed by atoms with Crippen LogP contribution in [0.2, 0.25) is 0 Å². The molecule has 1 N–H and O–H groups in total. The number of oxazole rings is 1. The Morgan fingerprint density at radius 1 is 1.37 bits per heavy atom. The summed E-state index contributed by atoms with van der Waals surface area (Å²) in [5.41, 5.74) is 0. The van der Waals surface area contributed by atoms with E-state index >= 15 is 0 Å². The highest BCUT2D eigenvalue weighted by molar-refractivity contribution is 5.81. The van der Waals surface area contributed by atoms with Gasteiger partial charge < -0.3 is 9.32 Å². The SMILES string of the molecule is Cc1cnc(C(C)NC(C)C(=O)N2CCCCC2)o1. The van der Waals surface area contributed by atoms with Crippen LogP contribution in [0.1, 0.15) is 50.8 Å². The van der Waals surface area contributed by atoms with Gasteiger partial charge in [-0.3, -0.25) is 10.1 Å². The van der Waals surface area contributed by atoms with E-state index in [1.165, 1.54) is 6.42 Å². The zero-order chi connectivity index (χ0) is 13.8. The van der Waals surface area contributed by atoms with E-state index in [2.05, 4.69) is 10.3 Å². The highest BCUT2D eigenvalue weighted by atomic mass is 16.4. The van der Waals surface area contributed by atoms with Crippen LogP contribution in [0.25, 0.3) is 0 Å². The molecule has 2 heterocycles. The van der Waals surface area contributed by atoms with Gasteiger partial charge in [-0.2, -0.15) is 0 Å². The van der Waals surface area contributed by atoms with Crippen LogP contribution in [0.3, 0.4) is 0 Å². The van der Waals surface area contributed by atoms with E-state index in [0.29, 0.717) is 5.89 Å². The van der Waals surface area contributed by atoms with E-state index in [0.717, 1.165) is 31.7 Å². The quantitative estimate of drug-likeness (QED) is 0.905. The first kappa shape index (κ1) is 14.1. The van der Waals surface area contributed by atoms with Crippen molar-refractivity contribution < 1.29 is 9.21 Å². The van der Waals surface area contributed by atoms with E-state index in [1.807, 2.05) is 25.7 Å². The average Bonchev–Trinajstić information content (AvgIpc) is 2.85. The molecule has 0 bridgehead atoms. The predicted molar refractivity (Wildman–Crippen MR) is 72.7 cm³/mol. The summed E-state index contributed by atoms with van der Waals surface area (Å²) < 4.78 is 5.47. The molecule has 1 aromatic rings. The molecule has 2 atom stereocenters. The molecule has 5 heteroatoms. The second-order valence-electron chi connectivity index (χ2n) is 5.31. The van der Waals surface area contributed by atoms with Crippen LogP contribution in [-0.4, -0.2) is 34.9 Å². The number of piperidine rings is 1. The molecule has 5 nitrogen and oxygen atoms in total. The highest BCUT2D eigenvalue weighted by Crippen LogP contribution is 2.14. The summed E-state index contributed by atoms with van der Waals surface area (Å²) in [6.07, 6.45) is 5.17. The Kier molecular flexibility index (Phi) is 4.58. The minimum atomic E-state index is -0.208. The molecule has 1 aromatic heterocycles. The molecule has 0 aliphatic carbocycles. The molecule has 1 aliphatic rings. The average molecular weight is 265 g/mol. The second-order valence-corrected chi connectivity index (χ2v) is 5.31. The Morgan fingerprint density at radius 3 is 2.63 bits per heavy atom. The van der Waals surface area contributed by atoms with Gasteiger partial charge in [0.1, 0.15) is 5.76 Å². The van der Waals surface area contributed by atoms with E-state index in [9.17, 15) is 4.79 Å². The van der Waals surface area contributed by atoms with Crippen molar-refractivity contribution in [3.8, 4) is 0 Å². The zero-order valence-electron chi connectivity index (χ0n) is 12.0. The summed E-state index contributed by atoms with van der Waals surface area (Å²) in [6.45, 7) is 7.51. The second kappa shape index (κ2) is 6.19. The number of carbonyl (C=O) groups is 1. The van der Waals surface area contributed by atoms with E-state index in [4.69, 9.17) is 4.42 Å². The molecule has 0 spiro atoms. The third-order valence-corrected chi connectivity index (χ3v) is 3.55. The van der Waals surface area contributed by atoms with Crippen molar-refractivity contribution >= 4 is 5.91 Å². The number of nitrogens with zero attached hydrogens (tertiary/aromatic N) is 2. The van der Waals surface area contributed by atoms with Crippen molar-refractivity contribution in [2.24, 2.45) is 0 Å². The van der Waals surface area contributed by atoms with Gasteiger partial charge in [-0.1, -0.05) is 0 Å². The normalized spacial score (nSPS) is 19.2. The smallest absolute Gasteiger partial charge is 0.239 e. The number of carbonyl (C=O) groups excluding carboxylic acids is 1. The predicted octanol–water partition coefficient (Wildman–Crippen LogP) is 2.03. The first-order valence-corrected chi connectivity index (χ1v) is 7.05. The lowest BCUT2D eigenvalue weighted by Crippen LogP contribution is -2.47. The highest BCUT2D eigenvalue weighted by Gasteiger charge is 2.24. The van der Waals surface area contributed by atoms with Crippen LogP contribution < -0.4 is 5.32 Å². The summed E-state index contributed by atoms with van der Waals surface area (Å²) in [6, 6.07) is -0.266. The Balaban J connectivity index is 1.89. The van der Waals surface area contributed by atoms with E-state index in [1.54, 1.807) is 6.20 Å². The van der Waals surface area contributed by atoms with Crippen molar-refractivity contribution in [2.45, 2.75) is 52.1 Å². The fraction of sp³-hybridized carbons (Fsp3) is 0.714. The molecule has 106 valence electrons. The largest absolute Gasteiger partial charge is 0.444 e. The number of hydrogen-bond donors (Lipinski definition) is 1. The van der Waals surface area contributed by atoms with Crippen LogP contribution in [0.5, 0.6) is 0 Å². The third kappa shape index (κ3) is 3.56. The minimum absolute atomic E-state index is 0.0579. The number of nitrogens with one attached hydrogen (secondary N) is 1. The van der Waals surface area contributed by atoms with Gasteiger partial charge in [0.2, 0.25) is 11.8 Å². The maximum absolute atomic E-state index is 12.3. The molecule has 1 amide bonds. The van der Waals surface area contributed by atoms with Crippen molar-refractivity contribution in [3.63, 3.8) is 0 Å². The Hall–Kier alpha value is -1.36. The van der Waals surface area contributed by atoms with Crippen LogP contribution in [0, 0.1) is 6.92 Å². The van der Waals surface area contributed by atoms with Gasteiger partial charge >= 0.3 is 0 Å². The van der Waals surface area contributed by atoms with E-state index < -0.39 is 0 Å². The summed E-state index contributed by atoms with van der Waals surface area (Å²) in [5.74, 6) is 1.60. The number of amides is 1. The summed E-state index contributed by atoms with van der Waals surface area (Å²) >= 11 is 0. The first-order valence-electron chi connectivity index (χ1n) is 7.05. The molecule has 19 heavy (non-hydrogen) atoms. The fourth-order valence-electron chi connectivity index (χ4n) is 2.48. The summed E-state index contributed by atoms with van der Waals surface area (Å²) in [4.78, 5) is 18.4. The number of likely N-dealkylation sites (tertiary alicyclic amines) is 1. The lowest BCUT2D eigenvalue weighted by molar-refractivity contribution is -0.134. The monoisotopic (exact) mass is 265 g/mol. The topological polar surface area (TPSA) is 58.4 Å². The van der Waals surface area contributed by atoms with Crippen molar-refractivity contribution in [1.82, 2.24) is 15.2 Å². The molecular formula is C14H23N3O2. The van der Waals surface area contributed by atoms with Crippen LogP contribution >= 0.6 is 0 Å². The Bertz CT molecular complexity index is 424. The van der Waals surface area contributed by atoms with Crippen molar-refractivity contribution in [2.75, 3.05) is 13.1 Å². The van der Waals surface area contributed by atoms with Gasteiger partial charge in [0.25, 0.3) is 0 Å². The third-order valence-electron chi connectivity index (χ3n) is 3.55. The number of hydrogen-bond acceptors (Lipinski definition) is 4. The Labute approximate surface area is 114 Å². The molecule has 0 aromatic carbocycles. The molecular weight excluding hydrogens is 242 g/mol. The maximum Gasteiger partial charge on any atom is 0.239 e. The standard InChI is InChI=1S/C14H23N3O2/c1-10-9-15-13(19-10)11(2)16-12(3)14(18)17-7-5-4-6-8-17/h9,11-12,16H,4-8H2,1-3H3. The lowest BCUT2D eigenvalue weighted by Gasteiger charge is -2.30. The van der Waals surface area contributed by atoms with Gasteiger partial charge in [-0.25, -0.2) is 4.98 Å². The maximum atomic E-state index is 12.3. The van der Waals surface area contributed by atoms with Crippen molar-refractivity contribution in [1.29, 1.82) is 0 Å².